The Labute approximate surface area is 651 Å². The molecule has 19 heteroatoms. The van der Waals surface area contributed by atoms with Crippen LogP contribution in [0.1, 0.15) is 459 Å². The molecule has 0 aliphatic rings. The summed E-state index contributed by atoms with van der Waals surface area (Å²) in [5.74, 6) is 0.359. The zero-order chi connectivity index (χ0) is 77.9. The molecule has 0 radical (unpaired) electrons. The summed E-state index contributed by atoms with van der Waals surface area (Å²) in [5.41, 5.74) is 0. The van der Waals surface area contributed by atoms with Crippen LogP contribution in [-0.4, -0.2) is 96.7 Å². The van der Waals surface area contributed by atoms with Gasteiger partial charge in [0.2, 0.25) is 0 Å². The summed E-state index contributed by atoms with van der Waals surface area (Å²) in [4.78, 5) is 73.2. The molecular weight excluding hydrogens is 1380 g/mol. The molecule has 3 N–H and O–H groups in total. The number of esters is 4. The average Bonchev–Trinajstić information content (AvgIpc) is 0.902. The Morgan fingerprint density at radius 2 is 0.481 bits per heavy atom. The smallest absolute Gasteiger partial charge is 0.462 e. The summed E-state index contributed by atoms with van der Waals surface area (Å²) >= 11 is 0. The monoisotopic (exact) mass is 1550 g/mol. The molecule has 0 aromatic rings. The largest absolute Gasteiger partial charge is 0.472 e. The van der Waals surface area contributed by atoms with Crippen molar-refractivity contribution in [1.82, 2.24) is 0 Å². The number of rotatable bonds is 85. The van der Waals surface area contributed by atoms with Crippen LogP contribution in [0.3, 0.4) is 0 Å². The molecule has 0 saturated carbocycles. The minimum atomic E-state index is -4.97. The molecular formula is C87H170O17P2. The fourth-order valence-corrected chi connectivity index (χ4v) is 15.1. The van der Waals surface area contributed by atoms with Gasteiger partial charge in [-0.2, -0.15) is 0 Å². The Bertz CT molecular complexity index is 2050. The molecule has 630 valence electrons. The van der Waals surface area contributed by atoms with Gasteiger partial charge in [0.25, 0.3) is 0 Å². The quantitative estimate of drug-likeness (QED) is 0.0222. The van der Waals surface area contributed by atoms with E-state index < -0.39 is 97.5 Å². The summed E-state index contributed by atoms with van der Waals surface area (Å²) < 4.78 is 68.9. The third-order valence-electron chi connectivity index (χ3n) is 21.1. The summed E-state index contributed by atoms with van der Waals surface area (Å²) in [6.45, 7) is 12.1. The second-order valence-electron chi connectivity index (χ2n) is 32.2. The van der Waals surface area contributed by atoms with Gasteiger partial charge in [0.1, 0.15) is 19.3 Å². The number of hydrogen-bond acceptors (Lipinski definition) is 15. The molecule has 0 aliphatic carbocycles. The third-order valence-corrected chi connectivity index (χ3v) is 23.0. The maximum Gasteiger partial charge on any atom is 0.472 e. The second kappa shape index (κ2) is 77.0. The molecule has 0 aliphatic heterocycles. The number of aliphatic hydroxyl groups is 1. The van der Waals surface area contributed by atoms with Crippen LogP contribution in [-0.2, 0) is 65.4 Å². The lowest BCUT2D eigenvalue weighted by molar-refractivity contribution is -0.161. The van der Waals surface area contributed by atoms with E-state index >= 15 is 0 Å². The van der Waals surface area contributed by atoms with Gasteiger partial charge in [-0.25, -0.2) is 9.13 Å². The maximum absolute atomic E-state index is 13.2. The molecule has 7 atom stereocenters. The highest BCUT2D eigenvalue weighted by molar-refractivity contribution is 7.47. The fourth-order valence-electron chi connectivity index (χ4n) is 13.5. The zero-order valence-corrected chi connectivity index (χ0v) is 71.7. The number of phosphoric ester groups is 2. The number of carbonyl (C=O) groups is 4. The van der Waals surface area contributed by atoms with Crippen molar-refractivity contribution in [3.05, 3.63) is 0 Å². The van der Waals surface area contributed by atoms with E-state index in [0.717, 1.165) is 108 Å². The van der Waals surface area contributed by atoms with Gasteiger partial charge in [0.15, 0.2) is 12.2 Å². The Morgan fingerprint density at radius 1 is 0.274 bits per heavy atom. The summed E-state index contributed by atoms with van der Waals surface area (Å²) in [6, 6.07) is 0. The Morgan fingerprint density at radius 3 is 0.717 bits per heavy atom. The number of hydrogen-bond donors (Lipinski definition) is 3. The van der Waals surface area contributed by atoms with Crippen LogP contribution in [0.15, 0.2) is 0 Å². The van der Waals surface area contributed by atoms with Gasteiger partial charge in [-0.1, -0.05) is 408 Å². The molecule has 0 amide bonds. The van der Waals surface area contributed by atoms with Gasteiger partial charge < -0.3 is 33.8 Å². The first-order valence-corrected chi connectivity index (χ1v) is 47.9. The minimum Gasteiger partial charge on any atom is -0.462 e. The number of ether oxygens (including phenoxy) is 4. The summed E-state index contributed by atoms with van der Waals surface area (Å²) in [6.07, 6.45) is 68.0. The van der Waals surface area contributed by atoms with Gasteiger partial charge in [0.05, 0.1) is 26.4 Å². The highest BCUT2D eigenvalue weighted by Gasteiger charge is 2.31. The van der Waals surface area contributed by atoms with Gasteiger partial charge in [-0.3, -0.25) is 37.3 Å². The lowest BCUT2D eigenvalue weighted by Gasteiger charge is -2.21. The van der Waals surface area contributed by atoms with Gasteiger partial charge in [-0.05, 0) is 43.4 Å². The van der Waals surface area contributed by atoms with Crippen molar-refractivity contribution in [1.29, 1.82) is 0 Å². The van der Waals surface area contributed by atoms with Gasteiger partial charge in [-0.15, -0.1) is 0 Å². The molecule has 0 aromatic carbocycles. The normalized spacial score (nSPS) is 14.4. The Hall–Kier alpha value is -1.94. The van der Waals surface area contributed by atoms with Crippen molar-refractivity contribution >= 4 is 39.5 Å². The Kier molecular flexibility index (Phi) is 75.6. The molecule has 0 spiro atoms. The van der Waals surface area contributed by atoms with Crippen molar-refractivity contribution < 1.29 is 80.2 Å². The predicted molar refractivity (Wildman–Crippen MR) is 437 cm³/mol. The zero-order valence-electron chi connectivity index (χ0n) is 69.9. The van der Waals surface area contributed by atoms with Crippen molar-refractivity contribution in [3.8, 4) is 0 Å². The topological polar surface area (TPSA) is 237 Å². The van der Waals surface area contributed by atoms with Crippen LogP contribution in [0.5, 0.6) is 0 Å². The number of carbonyl (C=O) groups excluding carboxylic acids is 4. The lowest BCUT2D eigenvalue weighted by atomic mass is 9.99. The first-order chi connectivity index (χ1) is 51.3. The molecule has 0 saturated heterocycles. The minimum absolute atomic E-state index is 0.105. The molecule has 0 heterocycles. The number of unbranched alkanes of at least 4 members (excludes halogenated alkanes) is 51. The maximum atomic E-state index is 13.2. The Balaban J connectivity index is 5.21. The van der Waals surface area contributed by atoms with E-state index in [0.29, 0.717) is 25.7 Å². The van der Waals surface area contributed by atoms with Crippen LogP contribution < -0.4 is 0 Å². The van der Waals surface area contributed by atoms with Crippen LogP contribution in [0.4, 0.5) is 0 Å². The van der Waals surface area contributed by atoms with Gasteiger partial charge in [0, 0.05) is 25.7 Å². The van der Waals surface area contributed by atoms with Crippen LogP contribution in [0.2, 0.25) is 0 Å². The molecule has 0 fully saturated rings. The highest BCUT2D eigenvalue weighted by Crippen LogP contribution is 2.45. The van der Waals surface area contributed by atoms with Crippen molar-refractivity contribution in [2.75, 3.05) is 39.6 Å². The van der Waals surface area contributed by atoms with Crippen molar-refractivity contribution in [3.63, 3.8) is 0 Å². The fraction of sp³-hybridized carbons (Fsp3) is 0.954. The summed E-state index contributed by atoms with van der Waals surface area (Å²) in [7, 11) is -9.93. The second-order valence-corrected chi connectivity index (χ2v) is 35.1. The number of phosphoric acid groups is 2. The van der Waals surface area contributed by atoms with E-state index in [1.165, 1.54) is 270 Å². The third kappa shape index (κ3) is 77.4. The number of aliphatic hydroxyl groups excluding tert-OH is 1. The van der Waals surface area contributed by atoms with E-state index in [1.807, 2.05) is 0 Å². The lowest BCUT2D eigenvalue weighted by Crippen LogP contribution is -2.30. The van der Waals surface area contributed by atoms with E-state index in [4.69, 9.17) is 37.0 Å². The highest BCUT2D eigenvalue weighted by atomic mass is 31.2. The molecule has 4 unspecified atom stereocenters. The molecule has 0 rings (SSSR count). The van der Waals surface area contributed by atoms with Crippen LogP contribution >= 0.6 is 15.6 Å². The van der Waals surface area contributed by atoms with E-state index in [2.05, 4.69) is 48.5 Å². The van der Waals surface area contributed by atoms with Crippen LogP contribution in [0.25, 0.3) is 0 Å². The molecule has 17 nitrogen and oxygen atoms in total. The summed E-state index contributed by atoms with van der Waals surface area (Å²) in [5, 5.41) is 10.7. The molecule has 106 heavy (non-hydrogen) atoms. The predicted octanol–water partition coefficient (Wildman–Crippen LogP) is 26.5. The SMILES string of the molecule is CCCCCCCCCCCCCC(=O)OC[C@H](COP(=O)(O)OC[C@H](O)COP(=O)(O)OC[C@@H](COC(=O)CCCCCCCCCCCCCCCCCCCCC(C)C)OC(=O)CCCCCCCCCCCCCCCCCCCCC(C)CC)OC(=O)CCCCCCCCCCC(C)CC. The van der Waals surface area contributed by atoms with Crippen LogP contribution in [0, 0.1) is 17.8 Å². The average molecular weight is 1550 g/mol. The molecule has 0 aromatic heterocycles. The van der Waals surface area contributed by atoms with Gasteiger partial charge >= 0.3 is 39.5 Å². The van der Waals surface area contributed by atoms with E-state index in [-0.39, 0.29) is 25.7 Å². The first-order valence-electron chi connectivity index (χ1n) is 44.9. The van der Waals surface area contributed by atoms with E-state index in [9.17, 15) is 43.2 Å². The first kappa shape index (κ1) is 104. The molecule has 0 bridgehead atoms. The van der Waals surface area contributed by atoms with Crippen molar-refractivity contribution in [2.45, 2.75) is 478 Å². The standard InChI is InChI=1S/C87H170O17P2/c1-8-11-12-13-14-15-32-39-47-54-61-68-84(89)97-75-83(104-87(92)71-64-57-50-43-42-46-53-60-67-80(7)10-3)77-102-106(95,96)100-73-81(88)72-99-105(93,94)101-76-82(74-98-85(90)69-62-55-48-40-35-30-26-22-18-16-20-24-28-33-37-44-51-58-65-78(4)5)103-86(91)70-63-56-49-41-36-31-27-23-19-17-21-25-29-34-38-45-52-59-66-79(6)9-2/h78-83,88H,8-77H2,1-7H3,(H,93,94)(H,95,96)/t79?,80?,81-,82-,83-/m1/s1. The van der Waals surface area contributed by atoms with E-state index in [1.54, 1.807) is 0 Å². The van der Waals surface area contributed by atoms with Crippen molar-refractivity contribution in [2.24, 2.45) is 17.8 Å².